The summed E-state index contributed by atoms with van der Waals surface area (Å²) in [6, 6.07) is 0. The lowest BCUT2D eigenvalue weighted by molar-refractivity contribution is 0.329. The van der Waals surface area contributed by atoms with Crippen molar-refractivity contribution in [2.45, 2.75) is 60.3 Å². The molecule has 1 saturated carbocycles. The summed E-state index contributed by atoms with van der Waals surface area (Å²) in [5.74, 6) is 0.878. The minimum atomic E-state index is 0.682. The first-order valence-electron chi connectivity index (χ1n) is 5.43. The van der Waals surface area contributed by atoms with E-state index in [4.69, 9.17) is 0 Å². The summed E-state index contributed by atoms with van der Waals surface area (Å²) in [5, 5.41) is 0. The van der Waals surface area contributed by atoms with Gasteiger partial charge in [0.25, 0.3) is 0 Å². The Hall–Kier alpha value is 0. The van der Waals surface area contributed by atoms with Crippen LogP contribution in [0.25, 0.3) is 0 Å². The van der Waals surface area contributed by atoms with Crippen LogP contribution in [0.3, 0.4) is 0 Å². The van der Waals surface area contributed by atoms with Crippen molar-refractivity contribution >= 4 is 0 Å². The highest BCUT2D eigenvalue weighted by Crippen LogP contribution is 2.67. The lowest BCUT2D eigenvalue weighted by Crippen LogP contribution is -2.07. The van der Waals surface area contributed by atoms with E-state index in [0.29, 0.717) is 10.8 Å². The molecule has 0 aromatic rings. The van der Waals surface area contributed by atoms with Crippen LogP contribution in [0, 0.1) is 16.7 Å². The van der Waals surface area contributed by atoms with Gasteiger partial charge in [0.1, 0.15) is 0 Å². The standard InChI is InChI=1S/C12H24/c1-6-11(4)9-12(11,5)8-7-10(2)3/h10H,6-9H2,1-5H3. The highest BCUT2D eigenvalue weighted by Gasteiger charge is 2.58. The lowest BCUT2D eigenvalue weighted by Gasteiger charge is -2.18. The van der Waals surface area contributed by atoms with Gasteiger partial charge in [-0.3, -0.25) is 0 Å². The summed E-state index contributed by atoms with van der Waals surface area (Å²) in [6.07, 6.45) is 5.67. The Kier molecular flexibility index (Phi) is 2.56. The maximum Gasteiger partial charge on any atom is -0.0266 e. The van der Waals surface area contributed by atoms with Crippen molar-refractivity contribution in [1.29, 1.82) is 0 Å². The van der Waals surface area contributed by atoms with Gasteiger partial charge in [-0.15, -0.1) is 0 Å². The van der Waals surface area contributed by atoms with Crippen LogP contribution in [0.1, 0.15) is 60.3 Å². The van der Waals surface area contributed by atoms with Gasteiger partial charge in [-0.25, -0.2) is 0 Å². The molecule has 0 aromatic carbocycles. The topological polar surface area (TPSA) is 0 Å². The van der Waals surface area contributed by atoms with Crippen molar-refractivity contribution in [3.63, 3.8) is 0 Å². The van der Waals surface area contributed by atoms with Crippen LogP contribution < -0.4 is 0 Å². The molecule has 0 aliphatic heterocycles. The van der Waals surface area contributed by atoms with Crippen LogP contribution in [0.5, 0.6) is 0 Å². The maximum absolute atomic E-state index is 2.47. The molecule has 2 atom stereocenters. The SMILES string of the molecule is CCC1(C)CC1(C)CCC(C)C. The molecular formula is C12H24. The molecule has 1 aliphatic carbocycles. The molecular weight excluding hydrogens is 144 g/mol. The fourth-order valence-electron chi connectivity index (χ4n) is 2.37. The second-order valence-corrected chi connectivity index (χ2v) is 5.58. The molecule has 1 rings (SSSR count). The van der Waals surface area contributed by atoms with Gasteiger partial charge < -0.3 is 0 Å². The minimum absolute atomic E-state index is 0.682. The van der Waals surface area contributed by atoms with Gasteiger partial charge in [0.2, 0.25) is 0 Å². The second-order valence-electron chi connectivity index (χ2n) is 5.58. The van der Waals surface area contributed by atoms with Gasteiger partial charge in [-0.2, -0.15) is 0 Å². The second kappa shape index (κ2) is 3.05. The molecule has 12 heavy (non-hydrogen) atoms. The largest absolute Gasteiger partial charge is 0.0648 e. The first-order chi connectivity index (χ1) is 5.43. The third-order valence-electron chi connectivity index (χ3n) is 4.17. The lowest BCUT2D eigenvalue weighted by atomic mass is 9.88. The van der Waals surface area contributed by atoms with Gasteiger partial charge in [0, 0.05) is 0 Å². The van der Waals surface area contributed by atoms with E-state index in [-0.39, 0.29) is 0 Å². The van der Waals surface area contributed by atoms with Gasteiger partial charge in [-0.1, -0.05) is 47.5 Å². The smallest absolute Gasteiger partial charge is 0.0266 e. The van der Waals surface area contributed by atoms with Crippen LogP contribution in [0.4, 0.5) is 0 Å². The van der Waals surface area contributed by atoms with Gasteiger partial charge in [0.05, 0.1) is 0 Å². The molecule has 0 bridgehead atoms. The van der Waals surface area contributed by atoms with Crippen molar-refractivity contribution in [2.24, 2.45) is 16.7 Å². The summed E-state index contributed by atoms with van der Waals surface area (Å²) in [5.41, 5.74) is 1.37. The fourth-order valence-corrected chi connectivity index (χ4v) is 2.37. The van der Waals surface area contributed by atoms with Gasteiger partial charge >= 0.3 is 0 Å². The van der Waals surface area contributed by atoms with Crippen LogP contribution in [0.2, 0.25) is 0 Å². The third kappa shape index (κ3) is 1.67. The molecule has 0 spiro atoms. The van der Waals surface area contributed by atoms with Crippen LogP contribution in [-0.2, 0) is 0 Å². The molecule has 1 aliphatic rings. The molecule has 2 unspecified atom stereocenters. The molecule has 0 nitrogen and oxygen atoms in total. The van der Waals surface area contributed by atoms with E-state index in [1.54, 1.807) is 0 Å². The summed E-state index contributed by atoms with van der Waals surface area (Å²) < 4.78 is 0. The highest BCUT2D eigenvalue weighted by molar-refractivity contribution is 5.08. The Morgan fingerprint density at radius 3 is 2.08 bits per heavy atom. The maximum atomic E-state index is 2.47. The molecule has 0 amide bonds. The van der Waals surface area contributed by atoms with Crippen molar-refractivity contribution in [3.05, 3.63) is 0 Å². The fraction of sp³-hybridized carbons (Fsp3) is 1.00. The monoisotopic (exact) mass is 168 g/mol. The van der Waals surface area contributed by atoms with Crippen LogP contribution >= 0.6 is 0 Å². The molecule has 0 saturated heterocycles. The number of rotatable bonds is 4. The van der Waals surface area contributed by atoms with Crippen molar-refractivity contribution < 1.29 is 0 Å². The zero-order valence-corrected chi connectivity index (χ0v) is 9.41. The molecule has 0 heteroatoms. The Morgan fingerprint density at radius 1 is 1.17 bits per heavy atom. The minimum Gasteiger partial charge on any atom is -0.0648 e. The zero-order valence-electron chi connectivity index (χ0n) is 9.41. The first kappa shape index (κ1) is 10.1. The average molecular weight is 168 g/mol. The van der Waals surface area contributed by atoms with E-state index in [2.05, 4.69) is 34.6 Å². The zero-order chi connectivity index (χ0) is 9.41. The van der Waals surface area contributed by atoms with E-state index < -0.39 is 0 Å². The van der Waals surface area contributed by atoms with E-state index in [1.807, 2.05) is 0 Å². The molecule has 72 valence electrons. The third-order valence-corrected chi connectivity index (χ3v) is 4.17. The summed E-state index contributed by atoms with van der Waals surface area (Å²) >= 11 is 0. The first-order valence-corrected chi connectivity index (χ1v) is 5.43. The van der Waals surface area contributed by atoms with Gasteiger partial charge in [0.15, 0.2) is 0 Å². The van der Waals surface area contributed by atoms with Crippen LogP contribution in [-0.4, -0.2) is 0 Å². The van der Waals surface area contributed by atoms with E-state index >= 15 is 0 Å². The Balaban J connectivity index is 2.35. The van der Waals surface area contributed by atoms with Crippen molar-refractivity contribution in [1.82, 2.24) is 0 Å². The quantitative estimate of drug-likeness (QED) is 0.588. The normalized spacial score (nSPS) is 40.5. The van der Waals surface area contributed by atoms with E-state index in [0.717, 1.165) is 5.92 Å². The molecule has 0 heterocycles. The van der Waals surface area contributed by atoms with Crippen molar-refractivity contribution in [3.8, 4) is 0 Å². The summed E-state index contributed by atoms with van der Waals surface area (Å²) in [4.78, 5) is 0. The predicted molar refractivity (Wildman–Crippen MR) is 55.2 cm³/mol. The number of hydrogen-bond donors (Lipinski definition) is 0. The highest BCUT2D eigenvalue weighted by atomic mass is 14.6. The van der Waals surface area contributed by atoms with Gasteiger partial charge in [-0.05, 0) is 29.6 Å². The van der Waals surface area contributed by atoms with E-state index in [9.17, 15) is 0 Å². The number of hydrogen-bond acceptors (Lipinski definition) is 0. The molecule has 0 aromatic heterocycles. The van der Waals surface area contributed by atoms with Crippen molar-refractivity contribution in [2.75, 3.05) is 0 Å². The molecule has 0 N–H and O–H groups in total. The summed E-state index contributed by atoms with van der Waals surface area (Å²) in [7, 11) is 0. The van der Waals surface area contributed by atoms with E-state index in [1.165, 1.54) is 25.7 Å². The van der Waals surface area contributed by atoms with Crippen LogP contribution in [0.15, 0.2) is 0 Å². The Labute approximate surface area is 77.7 Å². The average Bonchev–Trinajstić information content (AvgIpc) is 2.53. The predicted octanol–water partition coefficient (Wildman–Crippen LogP) is 4.25. The molecule has 0 radical (unpaired) electrons. The Morgan fingerprint density at radius 2 is 1.75 bits per heavy atom. The Bertz CT molecular complexity index is 159. The summed E-state index contributed by atoms with van der Waals surface area (Å²) in [6.45, 7) is 11.9. The molecule has 1 fully saturated rings.